The average Bonchev–Trinajstić information content (AvgIpc) is 3.11. The number of rotatable bonds is 5. The van der Waals surface area contributed by atoms with Crippen molar-refractivity contribution in [2.75, 3.05) is 25.0 Å². The van der Waals surface area contributed by atoms with E-state index >= 15 is 0 Å². The molecule has 192 valence electrons. The number of carbonyl (C=O) groups is 2. The first kappa shape index (κ1) is 25.2. The molecular weight excluding hydrogens is 483 g/mol. The summed E-state index contributed by atoms with van der Waals surface area (Å²) in [6, 6.07) is 6.65. The fourth-order valence-electron chi connectivity index (χ4n) is 3.74. The van der Waals surface area contributed by atoms with Crippen LogP contribution in [0.25, 0.3) is 16.7 Å². The molecule has 36 heavy (non-hydrogen) atoms. The quantitative estimate of drug-likeness (QED) is 0.542. The SMILES string of the molecule is CC(C)(C)OC(=O)N1CC(c2nn(-c3ccc(OC(F)(F)F)cc3)c3nccc(NC(=O)CO)c23)C1. The number of anilines is 1. The minimum absolute atomic E-state index is 0.219. The van der Waals surface area contributed by atoms with Crippen molar-refractivity contribution in [1.29, 1.82) is 0 Å². The summed E-state index contributed by atoms with van der Waals surface area (Å²) in [5.41, 5.74) is 0.974. The Kier molecular flexibility index (Phi) is 6.52. The van der Waals surface area contributed by atoms with Crippen LogP contribution in [0.5, 0.6) is 5.75 Å². The zero-order valence-electron chi connectivity index (χ0n) is 19.7. The highest BCUT2D eigenvalue weighted by Gasteiger charge is 2.38. The molecule has 13 heteroatoms. The Morgan fingerprint density at radius 2 is 1.81 bits per heavy atom. The van der Waals surface area contributed by atoms with Crippen molar-refractivity contribution in [3.05, 3.63) is 42.2 Å². The summed E-state index contributed by atoms with van der Waals surface area (Å²) >= 11 is 0. The van der Waals surface area contributed by atoms with Crippen LogP contribution >= 0.6 is 0 Å². The van der Waals surface area contributed by atoms with Gasteiger partial charge in [0.05, 0.1) is 22.5 Å². The summed E-state index contributed by atoms with van der Waals surface area (Å²) in [5, 5.41) is 16.9. The van der Waals surface area contributed by atoms with Crippen LogP contribution < -0.4 is 10.1 Å². The van der Waals surface area contributed by atoms with Gasteiger partial charge in [0.2, 0.25) is 5.91 Å². The zero-order chi connectivity index (χ0) is 26.3. The molecule has 2 amide bonds. The number of hydrogen-bond donors (Lipinski definition) is 2. The molecule has 3 heterocycles. The van der Waals surface area contributed by atoms with Crippen LogP contribution in [-0.4, -0.2) is 68.4 Å². The van der Waals surface area contributed by atoms with Gasteiger partial charge in [-0.2, -0.15) is 5.10 Å². The van der Waals surface area contributed by atoms with Crippen LogP contribution in [0.4, 0.5) is 23.7 Å². The number of benzene rings is 1. The van der Waals surface area contributed by atoms with Crippen LogP contribution in [-0.2, 0) is 9.53 Å². The van der Waals surface area contributed by atoms with Gasteiger partial charge < -0.3 is 24.8 Å². The van der Waals surface area contributed by atoms with Crippen LogP contribution in [0.1, 0.15) is 32.4 Å². The molecule has 3 aromatic rings. The van der Waals surface area contributed by atoms with E-state index in [4.69, 9.17) is 4.74 Å². The van der Waals surface area contributed by atoms with Crippen molar-refractivity contribution in [3.63, 3.8) is 0 Å². The summed E-state index contributed by atoms with van der Waals surface area (Å²) in [6.07, 6.45) is -3.85. The second-order valence-corrected chi connectivity index (χ2v) is 9.18. The third-order valence-corrected chi connectivity index (χ3v) is 5.25. The van der Waals surface area contributed by atoms with Gasteiger partial charge >= 0.3 is 12.5 Å². The van der Waals surface area contributed by atoms with Crippen LogP contribution in [0.2, 0.25) is 0 Å². The maximum Gasteiger partial charge on any atom is 0.573 e. The largest absolute Gasteiger partial charge is 0.573 e. The number of amides is 2. The molecule has 1 aromatic carbocycles. The van der Waals surface area contributed by atoms with Gasteiger partial charge in [0, 0.05) is 25.2 Å². The van der Waals surface area contributed by atoms with Gasteiger partial charge in [-0.15, -0.1) is 13.2 Å². The Balaban J connectivity index is 1.70. The molecule has 1 aliphatic heterocycles. The Bertz CT molecular complexity index is 1280. The van der Waals surface area contributed by atoms with E-state index < -0.39 is 36.3 Å². The second kappa shape index (κ2) is 9.30. The number of aliphatic hydroxyl groups excluding tert-OH is 1. The molecule has 10 nitrogen and oxygen atoms in total. The standard InChI is InChI=1S/C23H24F3N5O5/c1-22(2,3)36-21(34)30-10-13(11-30)19-18-16(28-17(33)12-32)8-9-27-20(18)31(29-19)14-4-6-15(7-5-14)35-23(24,25)26/h4-9,13,32H,10-12H2,1-3H3,(H,27,28,33). The van der Waals surface area contributed by atoms with Crippen molar-refractivity contribution < 1.29 is 37.3 Å². The third kappa shape index (κ3) is 5.51. The predicted molar refractivity (Wildman–Crippen MR) is 122 cm³/mol. The highest BCUT2D eigenvalue weighted by atomic mass is 19.4. The minimum atomic E-state index is -4.82. The monoisotopic (exact) mass is 507 g/mol. The third-order valence-electron chi connectivity index (χ3n) is 5.25. The number of nitrogens with zero attached hydrogens (tertiary/aromatic N) is 4. The van der Waals surface area contributed by atoms with Crippen molar-refractivity contribution in [2.24, 2.45) is 0 Å². The number of aromatic nitrogens is 3. The number of aliphatic hydroxyl groups is 1. The molecule has 2 aromatic heterocycles. The van der Waals surface area contributed by atoms with Crippen LogP contribution in [0, 0.1) is 0 Å². The number of nitrogens with one attached hydrogen (secondary N) is 1. The molecule has 2 N–H and O–H groups in total. The number of hydrogen-bond acceptors (Lipinski definition) is 7. The van der Waals surface area contributed by atoms with E-state index in [1.54, 1.807) is 26.8 Å². The van der Waals surface area contributed by atoms with Crippen molar-refractivity contribution >= 4 is 28.7 Å². The second-order valence-electron chi connectivity index (χ2n) is 9.18. The normalized spacial score (nSPS) is 14.5. The maximum absolute atomic E-state index is 12.5. The molecule has 4 rings (SSSR count). The summed E-state index contributed by atoms with van der Waals surface area (Å²) < 4.78 is 48.3. The van der Waals surface area contributed by atoms with Gasteiger partial charge in [-0.25, -0.2) is 14.5 Å². The average molecular weight is 507 g/mol. The highest BCUT2D eigenvalue weighted by Crippen LogP contribution is 2.37. The van der Waals surface area contributed by atoms with Gasteiger partial charge in [-0.3, -0.25) is 4.79 Å². The zero-order valence-corrected chi connectivity index (χ0v) is 19.7. The Hall–Kier alpha value is -3.87. The lowest BCUT2D eigenvalue weighted by Crippen LogP contribution is -2.50. The molecule has 1 fully saturated rings. The number of carbonyl (C=O) groups excluding carboxylic acids is 2. The Labute approximate surface area is 203 Å². The van der Waals surface area contributed by atoms with E-state index in [0.717, 1.165) is 12.1 Å². The molecule has 0 atom stereocenters. The molecule has 0 spiro atoms. The van der Waals surface area contributed by atoms with Crippen LogP contribution in [0.15, 0.2) is 36.5 Å². The minimum Gasteiger partial charge on any atom is -0.444 e. The fraction of sp³-hybridized carbons (Fsp3) is 0.391. The first-order valence-electron chi connectivity index (χ1n) is 11.0. The van der Waals surface area contributed by atoms with E-state index in [1.165, 1.54) is 27.9 Å². The van der Waals surface area contributed by atoms with E-state index in [2.05, 4.69) is 20.1 Å². The van der Waals surface area contributed by atoms with Gasteiger partial charge in [0.15, 0.2) is 5.65 Å². The van der Waals surface area contributed by atoms with Gasteiger partial charge in [0.25, 0.3) is 0 Å². The first-order valence-corrected chi connectivity index (χ1v) is 11.0. The van der Waals surface area contributed by atoms with E-state index in [1.807, 2.05) is 0 Å². The van der Waals surface area contributed by atoms with E-state index in [9.17, 15) is 27.9 Å². The summed E-state index contributed by atoms with van der Waals surface area (Å²) in [5.74, 6) is -1.25. The first-order chi connectivity index (χ1) is 16.8. The number of fused-ring (bicyclic) bond motifs is 1. The summed E-state index contributed by atoms with van der Waals surface area (Å²) in [7, 11) is 0. The molecule has 0 saturated carbocycles. The lowest BCUT2D eigenvalue weighted by atomic mass is 9.94. The van der Waals surface area contributed by atoms with Gasteiger partial charge in [0.1, 0.15) is 18.0 Å². The number of ether oxygens (including phenoxy) is 2. The Morgan fingerprint density at radius 1 is 1.14 bits per heavy atom. The number of pyridine rings is 1. The lowest BCUT2D eigenvalue weighted by Gasteiger charge is -2.39. The molecule has 0 unspecified atom stereocenters. The number of likely N-dealkylation sites (tertiary alicyclic amines) is 1. The van der Waals surface area contributed by atoms with Crippen molar-refractivity contribution in [2.45, 2.75) is 38.7 Å². The van der Waals surface area contributed by atoms with Crippen LogP contribution in [0.3, 0.4) is 0 Å². The van der Waals surface area contributed by atoms with Crippen molar-refractivity contribution in [1.82, 2.24) is 19.7 Å². The molecule has 0 aliphatic carbocycles. The molecule has 1 saturated heterocycles. The topological polar surface area (TPSA) is 119 Å². The number of alkyl halides is 3. The molecule has 1 aliphatic rings. The van der Waals surface area contributed by atoms with Gasteiger partial charge in [-0.05, 0) is 51.1 Å². The number of halogens is 3. The maximum atomic E-state index is 12.5. The summed E-state index contributed by atoms with van der Waals surface area (Å²) in [4.78, 5) is 30.2. The van der Waals surface area contributed by atoms with E-state index in [-0.39, 0.29) is 5.92 Å². The van der Waals surface area contributed by atoms with Gasteiger partial charge in [-0.1, -0.05) is 0 Å². The van der Waals surface area contributed by atoms with E-state index in [0.29, 0.717) is 41.2 Å². The summed E-state index contributed by atoms with van der Waals surface area (Å²) in [6.45, 7) is 5.19. The fourth-order valence-corrected chi connectivity index (χ4v) is 3.74. The molecule has 0 radical (unpaired) electrons. The van der Waals surface area contributed by atoms with Crippen molar-refractivity contribution in [3.8, 4) is 11.4 Å². The molecule has 0 bridgehead atoms. The smallest absolute Gasteiger partial charge is 0.444 e. The lowest BCUT2D eigenvalue weighted by molar-refractivity contribution is -0.274. The Morgan fingerprint density at radius 3 is 2.39 bits per heavy atom. The molecular formula is C23H24F3N5O5. The predicted octanol–water partition coefficient (Wildman–Crippen LogP) is 3.58. The highest BCUT2D eigenvalue weighted by molar-refractivity contribution is 6.02.